The molecule has 2 aliphatic rings. The average molecular weight is 472 g/mol. The van der Waals surface area contributed by atoms with Crippen LogP contribution in [-0.4, -0.2) is 62.8 Å². The zero-order valence-electron chi connectivity index (χ0n) is 16.2. The van der Waals surface area contributed by atoms with Crippen LogP contribution >= 0.6 is 24.0 Å². The Bertz CT molecular complexity index is 576. The maximum atomic E-state index is 5.54. The Morgan fingerprint density at radius 1 is 1.31 bits per heavy atom. The van der Waals surface area contributed by atoms with Crippen molar-refractivity contribution >= 4 is 29.9 Å². The number of guanidine groups is 1. The maximum absolute atomic E-state index is 5.54. The van der Waals surface area contributed by atoms with Gasteiger partial charge in [-0.1, -0.05) is 30.3 Å². The van der Waals surface area contributed by atoms with E-state index in [1.807, 2.05) is 7.05 Å². The molecule has 0 spiro atoms. The van der Waals surface area contributed by atoms with E-state index in [-0.39, 0.29) is 24.0 Å². The molecular weight excluding hydrogens is 439 g/mol. The topological polar surface area (TPSA) is 48.9 Å². The van der Waals surface area contributed by atoms with E-state index < -0.39 is 0 Å². The van der Waals surface area contributed by atoms with Gasteiger partial charge in [0.05, 0.1) is 13.2 Å². The minimum Gasteiger partial charge on any atom is -0.379 e. The number of nitrogens with zero attached hydrogens (tertiary/aromatic N) is 2. The van der Waals surface area contributed by atoms with Gasteiger partial charge in [-0.15, -0.1) is 24.0 Å². The second-order valence-corrected chi connectivity index (χ2v) is 7.46. The van der Waals surface area contributed by atoms with Crippen LogP contribution in [0.15, 0.2) is 35.3 Å². The van der Waals surface area contributed by atoms with Crippen molar-refractivity contribution in [3.05, 3.63) is 35.9 Å². The quantitative estimate of drug-likeness (QED) is 0.380. The molecule has 3 rings (SSSR count). The zero-order valence-corrected chi connectivity index (χ0v) is 18.5. The van der Waals surface area contributed by atoms with Gasteiger partial charge in [0.25, 0.3) is 0 Å². The molecule has 146 valence electrons. The third-order valence-corrected chi connectivity index (χ3v) is 5.61. The molecule has 0 amide bonds. The minimum atomic E-state index is 0. The third-order valence-electron chi connectivity index (χ3n) is 5.61. The van der Waals surface area contributed by atoms with Gasteiger partial charge in [-0.05, 0) is 32.3 Å². The summed E-state index contributed by atoms with van der Waals surface area (Å²) in [6.45, 7) is 9.01. The highest BCUT2D eigenvalue weighted by Gasteiger charge is 2.44. The summed E-state index contributed by atoms with van der Waals surface area (Å²) in [5.74, 6) is 0.898. The van der Waals surface area contributed by atoms with Gasteiger partial charge in [0, 0.05) is 44.2 Å². The summed E-state index contributed by atoms with van der Waals surface area (Å²) in [6, 6.07) is 11.8. The summed E-state index contributed by atoms with van der Waals surface area (Å²) in [4.78, 5) is 6.91. The van der Waals surface area contributed by atoms with Crippen molar-refractivity contribution in [3.63, 3.8) is 0 Å². The first-order valence-electron chi connectivity index (χ1n) is 9.48. The lowest BCUT2D eigenvalue weighted by molar-refractivity contribution is -0.0174. The highest BCUT2D eigenvalue weighted by Crippen LogP contribution is 2.47. The van der Waals surface area contributed by atoms with Crippen LogP contribution in [0.3, 0.4) is 0 Å². The molecule has 1 aliphatic heterocycles. The molecule has 1 heterocycles. The number of hydrogen-bond donors (Lipinski definition) is 2. The Morgan fingerprint density at radius 2 is 2.04 bits per heavy atom. The predicted octanol–water partition coefficient (Wildman–Crippen LogP) is 2.61. The van der Waals surface area contributed by atoms with E-state index in [2.05, 4.69) is 64.7 Å². The molecule has 0 bridgehead atoms. The number of halogens is 1. The standard InChI is InChI=1S/C20H32N4O.HI/c1-16(24-11-12-25-14-17(24)2)13-22-19(21-3)23-15-20(9-10-20)18-7-5-4-6-8-18;/h4-8,16-17H,9-15H2,1-3H3,(H2,21,22,23);1H. The van der Waals surface area contributed by atoms with Crippen molar-refractivity contribution in [2.45, 2.75) is 44.2 Å². The summed E-state index contributed by atoms with van der Waals surface area (Å²) in [6.07, 6.45) is 2.51. The van der Waals surface area contributed by atoms with E-state index in [0.717, 1.165) is 38.8 Å². The van der Waals surface area contributed by atoms with Crippen molar-refractivity contribution in [3.8, 4) is 0 Å². The number of morpholine rings is 1. The first-order valence-corrected chi connectivity index (χ1v) is 9.48. The molecule has 1 aromatic carbocycles. The summed E-state index contributed by atoms with van der Waals surface area (Å²) in [7, 11) is 1.85. The van der Waals surface area contributed by atoms with Crippen LogP contribution in [0.1, 0.15) is 32.3 Å². The third kappa shape index (κ3) is 5.33. The smallest absolute Gasteiger partial charge is 0.191 e. The lowest BCUT2D eigenvalue weighted by atomic mass is 9.96. The fraction of sp³-hybridized carbons (Fsp3) is 0.650. The van der Waals surface area contributed by atoms with Crippen molar-refractivity contribution in [2.75, 3.05) is 39.9 Å². The number of nitrogens with one attached hydrogen (secondary N) is 2. The van der Waals surface area contributed by atoms with Crippen molar-refractivity contribution < 1.29 is 4.74 Å². The first-order chi connectivity index (χ1) is 12.1. The summed E-state index contributed by atoms with van der Waals surface area (Å²) in [5, 5.41) is 7.03. The molecule has 1 aliphatic carbocycles. The molecule has 26 heavy (non-hydrogen) atoms. The molecule has 1 aromatic rings. The van der Waals surface area contributed by atoms with Gasteiger partial charge >= 0.3 is 0 Å². The van der Waals surface area contributed by atoms with E-state index in [0.29, 0.717) is 17.5 Å². The molecule has 1 saturated heterocycles. The van der Waals surface area contributed by atoms with Crippen molar-refractivity contribution in [1.82, 2.24) is 15.5 Å². The van der Waals surface area contributed by atoms with Gasteiger partial charge in [0.15, 0.2) is 5.96 Å². The zero-order chi connectivity index (χ0) is 17.7. The van der Waals surface area contributed by atoms with Crippen LogP contribution in [0.4, 0.5) is 0 Å². The number of ether oxygens (including phenoxy) is 1. The van der Waals surface area contributed by atoms with Gasteiger partial charge in [-0.3, -0.25) is 9.89 Å². The maximum Gasteiger partial charge on any atom is 0.191 e. The highest BCUT2D eigenvalue weighted by molar-refractivity contribution is 14.0. The Balaban J connectivity index is 0.00000243. The summed E-state index contributed by atoms with van der Waals surface area (Å²) in [5.41, 5.74) is 1.73. The van der Waals surface area contributed by atoms with Crippen LogP contribution in [0.25, 0.3) is 0 Å². The predicted molar refractivity (Wildman–Crippen MR) is 119 cm³/mol. The van der Waals surface area contributed by atoms with E-state index in [1.165, 1.54) is 18.4 Å². The largest absolute Gasteiger partial charge is 0.379 e. The van der Waals surface area contributed by atoms with Gasteiger partial charge in [-0.2, -0.15) is 0 Å². The monoisotopic (exact) mass is 472 g/mol. The molecular formula is C20H33IN4O. The number of hydrogen-bond acceptors (Lipinski definition) is 3. The fourth-order valence-corrected chi connectivity index (χ4v) is 3.74. The molecule has 2 atom stereocenters. The van der Waals surface area contributed by atoms with E-state index >= 15 is 0 Å². The van der Waals surface area contributed by atoms with Crippen molar-refractivity contribution in [2.24, 2.45) is 4.99 Å². The Labute approximate surface area is 175 Å². The van der Waals surface area contributed by atoms with Crippen LogP contribution < -0.4 is 10.6 Å². The van der Waals surface area contributed by atoms with Crippen LogP contribution in [0.2, 0.25) is 0 Å². The molecule has 5 nitrogen and oxygen atoms in total. The Kier molecular flexibility index (Phi) is 8.16. The minimum absolute atomic E-state index is 0. The lowest BCUT2D eigenvalue weighted by Crippen LogP contribution is -2.53. The second kappa shape index (κ2) is 9.90. The summed E-state index contributed by atoms with van der Waals surface area (Å²) < 4.78 is 5.54. The SMILES string of the molecule is CN=C(NCC(C)N1CCOCC1C)NCC1(c2ccccc2)CC1.I. The number of benzene rings is 1. The Morgan fingerprint density at radius 3 is 2.65 bits per heavy atom. The lowest BCUT2D eigenvalue weighted by Gasteiger charge is -2.38. The van der Waals surface area contributed by atoms with Crippen LogP contribution in [0, 0.1) is 0 Å². The van der Waals surface area contributed by atoms with E-state index in [9.17, 15) is 0 Å². The molecule has 6 heteroatoms. The molecule has 2 fully saturated rings. The second-order valence-electron chi connectivity index (χ2n) is 7.46. The van der Waals surface area contributed by atoms with Crippen LogP contribution in [-0.2, 0) is 10.2 Å². The summed E-state index contributed by atoms with van der Waals surface area (Å²) >= 11 is 0. The number of rotatable bonds is 6. The van der Waals surface area contributed by atoms with Crippen LogP contribution in [0.5, 0.6) is 0 Å². The van der Waals surface area contributed by atoms with Crippen molar-refractivity contribution in [1.29, 1.82) is 0 Å². The van der Waals surface area contributed by atoms with Gasteiger partial charge < -0.3 is 15.4 Å². The first kappa shape index (κ1) is 21.4. The molecule has 0 radical (unpaired) electrons. The van der Waals surface area contributed by atoms with Gasteiger partial charge in [0.2, 0.25) is 0 Å². The Hall–Kier alpha value is -0.860. The van der Waals surface area contributed by atoms with E-state index in [4.69, 9.17) is 4.74 Å². The number of aliphatic imine (C=N–C) groups is 1. The van der Waals surface area contributed by atoms with Gasteiger partial charge in [0.1, 0.15) is 0 Å². The van der Waals surface area contributed by atoms with E-state index in [1.54, 1.807) is 0 Å². The highest BCUT2D eigenvalue weighted by atomic mass is 127. The average Bonchev–Trinajstić information content (AvgIpc) is 3.44. The molecule has 2 N–H and O–H groups in total. The molecule has 1 saturated carbocycles. The fourth-order valence-electron chi connectivity index (χ4n) is 3.74. The van der Waals surface area contributed by atoms with Gasteiger partial charge in [-0.25, -0.2) is 0 Å². The molecule has 2 unspecified atom stereocenters. The normalized spacial score (nSPS) is 23.7. The molecule has 0 aromatic heterocycles.